The smallest absolute Gasteiger partial charge is 0.408 e. The summed E-state index contributed by atoms with van der Waals surface area (Å²) in [5.74, 6) is 0.134. The molecule has 4 nitrogen and oxygen atoms in total. The molecule has 0 radical (unpaired) electrons. The summed E-state index contributed by atoms with van der Waals surface area (Å²) in [5, 5.41) is 0. The monoisotopic (exact) mass is 274 g/mol. The summed E-state index contributed by atoms with van der Waals surface area (Å²) in [4.78, 5) is 13.9. The summed E-state index contributed by atoms with van der Waals surface area (Å²) in [6, 6.07) is 5.85. The predicted octanol–water partition coefficient (Wildman–Crippen LogP) is 3.48. The lowest BCUT2D eigenvalue weighted by atomic mass is 9.83. The molecule has 1 aromatic carbocycles. The molecule has 0 spiro atoms. The number of benzene rings is 1. The molecule has 1 atom stereocenters. The Bertz CT molecular complexity index is 621. The molecule has 1 aromatic heterocycles. The highest BCUT2D eigenvalue weighted by Gasteiger charge is 2.21. The minimum absolute atomic E-state index is 0.0395. The van der Waals surface area contributed by atoms with E-state index in [0.29, 0.717) is 11.5 Å². The van der Waals surface area contributed by atoms with Crippen molar-refractivity contribution in [3.63, 3.8) is 0 Å². The van der Waals surface area contributed by atoms with E-state index in [-0.39, 0.29) is 6.04 Å². The summed E-state index contributed by atoms with van der Waals surface area (Å²) < 4.78 is 5.12. The van der Waals surface area contributed by atoms with Crippen molar-refractivity contribution < 1.29 is 4.42 Å². The Hall–Kier alpha value is -1.55. The molecule has 1 saturated carbocycles. The summed E-state index contributed by atoms with van der Waals surface area (Å²) in [6.07, 6.45) is 8.98. The molecule has 20 heavy (non-hydrogen) atoms. The van der Waals surface area contributed by atoms with Gasteiger partial charge in [0.2, 0.25) is 0 Å². The number of oxazole rings is 1. The first-order chi connectivity index (χ1) is 9.74. The number of hydrogen-bond donors (Lipinski definition) is 2. The fraction of sp³-hybridized carbons (Fsp3) is 0.562. The van der Waals surface area contributed by atoms with E-state index < -0.39 is 5.76 Å². The lowest BCUT2D eigenvalue weighted by Crippen LogP contribution is -2.22. The average molecular weight is 274 g/mol. The van der Waals surface area contributed by atoms with Crippen LogP contribution in [0.4, 0.5) is 0 Å². The number of H-pyrrole nitrogens is 1. The number of nitrogens with two attached hydrogens (primary N) is 1. The Balaban J connectivity index is 1.82. The zero-order valence-corrected chi connectivity index (χ0v) is 11.7. The number of aromatic nitrogens is 1. The Morgan fingerprint density at radius 1 is 1.15 bits per heavy atom. The first-order valence-corrected chi connectivity index (χ1v) is 7.62. The fourth-order valence-corrected chi connectivity index (χ4v) is 3.29. The van der Waals surface area contributed by atoms with Crippen molar-refractivity contribution in [3.8, 4) is 0 Å². The second-order valence-electron chi connectivity index (χ2n) is 5.90. The van der Waals surface area contributed by atoms with Crippen LogP contribution in [0.15, 0.2) is 27.4 Å². The molecule has 1 aliphatic carbocycles. The first kappa shape index (κ1) is 13.4. The van der Waals surface area contributed by atoms with E-state index >= 15 is 0 Å². The molecule has 1 heterocycles. The van der Waals surface area contributed by atoms with E-state index in [2.05, 4.69) is 4.98 Å². The van der Waals surface area contributed by atoms with Crippen LogP contribution in [0, 0.1) is 5.92 Å². The third-order valence-electron chi connectivity index (χ3n) is 4.49. The van der Waals surface area contributed by atoms with E-state index in [0.717, 1.165) is 11.1 Å². The van der Waals surface area contributed by atoms with Gasteiger partial charge >= 0.3 is 5.76 Å². The minimum Gasteiger partial charge on any atom is -0.408 e. The second-order valence-corrected chi connectivity index (χ2v) is 5.90. The molecule has 1 unspecified atom stereocenters. The van der Waals surface area contributed by atoms with Crippen LogP contribution in [0.2, 0.25) is 0 Å². The topological polar surface area (TPSA) is 72.0 Å². The summed E-state index contributed by atoms with van der Waals surface area (Å²) in [6.45, 7) is 0. The van der Waals surface area contributed by atoms with Crippen LogP contribution in [-0.2, 0) is 0 Å². The lowest BCUT2D eigenvalue weighted by molar-refractivity contribution is 0.327. The molecule has 4 heteroatoms. The first-order valence-electron chi connectivity index (χ1n) is 7.62. The number of nitrogens with one attached hydrogen (secondary N) is 1. The normalized spacial score (nSPS) is 19.6. The molecule has 1 aliphatic rings. The molecular formula is C16H22N2O2. The van der Waals surface area contributed by atoms with Gasteiger partial charge in [0, 0.05) is 6.04 Å². The maximum Gasteiger partial charge on any atom is 0.417 e. The van der Waals surface area contributed by atoms with Crippen LogP contribution >= 0.6 is 0 Å². The van der Waals surface area contributed by atoms with E-state index in [1.165, 1.54) is 44.9 Å². The van der Waals surface area contributed by atoms with Crippen LogP contribution in [0.3, 0.4) is 0 Å². The number of rotatable bonds is 2. The highest BCUT2D eigenvalue weighted by Crippen LogP contribution is 2.32. The molecule has 3 rings (SSSR count). The molecule has 0 saturated heterocycles. The molecule has 0 aliphatic heterocycles. The van der Waals surface area contributed by atoms with E-state index in [4.69, 9.17) is 10.2 Å². The molecule has 108 valence electrons. The molecule has 3 N–H and O–H groups in total. The van der Waals surface area contributed by atoms with Gasteiger partial charge in [-0.2, -0.15) is 0 Å². The van der Waals surface area contributed by atoms with Gasteiger partial charge in [-0.1, -0.05) is 38.2 Å². The number of aromatic amines is 1. The maximum atomic E-state index is 11.2. The van der Waals surface area contributed by atoms with Crippen molar-refractivity contribution in [1.82, 2.24) is 4.98 Å². The molecule has 2 aromatic rings. The van der Waals surface area contributed by atoms with Gasteiger partial charge in [0.15, 0.2) is 5.58 Å². The third-order valence-corrected chi connectivity index (χ3v) is 4.49. The highest BCUT2D eigenvalue weighted by atomic mass is 16.4. The summed E-state index contributed by atoms with van der Waals surface area (Å²) in [7, 11) is 0. The highest BCUT2D eigenvalue weighted by molar-refractivity contribution is 5.72. The number of fused-ring (bicyclic) bond motifs is 1. The van der Waals surface area contributed by atoms with Crippen LogP contribution in [0.25, 0.3) is 11.1 Å². The molecule has 0 bridgehead atoms. The van der Waals surface area contributed by atoms with Crippen molar-refractivity contribution in [1.29, 1.82) is 0 Å². The third kappa shape index (κ3) is 2.80. The Labute approximate surface area is 118 Å². The zero-order valence-electron chi connectivity index (χ0n) is 11.7. The molecular weight excluding hydrogens is 252 g/mol. The quantitative estimate of drug-likeness (QED) is 0.880. The van der Waals surface area contributed by atoms with Gasteiger partial charge in [0.25, 0.3) is 0 Å². The average Bonchev–Trinajstić information content (AvgIpc) is 2.76. The Morgan fingerprint density at radius 2 is 1.85 bits per heavy atom. The van der Waals surface area contributed by atoms with Crippen LogP contribution in [0.1, 0.15) is 56.6 Å². The van der Waals surface area contributed by atoms with E-state index in [1.807, 2.05) is 18.2 Å². The predicted molar refractivity (Wildman–Crippen MR) is 79.6 cm³/mol. The van der Waals surface area contributed by atoms with Crippen LogP contribution < -0.4 is 11.5 Å². The second kappa shape index (κ2) is 5.83. The molecule has 0 amide bonds. The molecule has 1 fully saturated rings. The van der Waals surface area contributed by atoms with Crippen molar-refractivity contribution in [2.24, 2.45) is 11.7 Å². The number of hydrogen-bond acceptors (Lipinski definition) is 3. The fourth-order valence-electron chi connectivity index (χ4n) is 3.29. The van der Waals surface area contributed by atoms with Crippen molar-refractivity contribution in [2.45, 2.75) is 51.0 Å². The summed E-state index contributed by atoms with van der Waals surface area (Å²) >= 11 is 0. The summed E-state index contributed by atoms with van der Waals surface area (Å²) in [5.41, 5.74) is 8.88. The van der Waals surface area contributed by atoms with Gasteiger partial charge < -0.3 is 10.2 Å². The SMILES string of the molecule is NC(c1ccc2[nH]c(=O)oc2c1)C1CCCCCCC1. The van der Waals surface area contributed by atoms with E-state index in [9.17, 15) is 4.79 Å². The van der Waals surface area contributed by atoms with Crippen LogP contribution in [0.5, 0.6) is 0 Å². The van der Waals surface area contributed by atoms with E-state index in [1.54, 1.807) is 0 Å². The van der Waals surface area contributed by atoms with Gasteiger partial charge in [0.05, 0.1) is 5.52 Å². The van der Waals surface area contributed by atoms with Gasteiger partial charge in [-0.15, -0.1) is 0 Å². The van der Waals surface area contributed by atoms with Crippen LogP contribution in [-0.4, -0.2) is 4.98 Å². The maximum absolute atomic E-state index is 11.2. The van der Waals surface area contributed by atoms with Gasteiger partial charge in [-0.3, -0.25) is 4.98 Å². The largest absolute Gasteiger partial charge is 0.417 e. The lowest BCUT2D eigenvalue weighted by Gasteiger charge is -2.26. The standard InChI is InChI=1S/C16H22N2O2/c17-15(11-6-4-2-1-3-5-7-11)12-8-9-13-14(10-12)20-16(19)18-13/h8-11,15H,1-7,17H2,(H,18,19). The van der Waals surface area contributed by atoms with Gasteiger partial charge in [-0.05, 0) is 36.5 Å². The van der Waals surface area contributed by atoms with Crippen molar-refractivity contribution in [3.05, 3.63) is 34.3 Å². The van der Waals surface area contributed by atoms with Gasteiger partial charge in [-0.25, -0.2) is 4.79 Å². The van der Waals surface area contributed by atoms with Gasteiger partial charge in [0.1, 0.15) is 0 Å². The van der Waals surface area contributed by atoms with Crippen molar-refractivity contribution in [2.75, 3.05) is 0 Å². The Kier molecular flexibility index (Phi) is 3.92. The Morgan fingerprint density at radius 3 is 2.60 bits per heavy atom. The minimum atomic E-state index is -0.406. The zero-order chi connectivity index (χ0) is 13.9. The van der Waals surface area contributed by atoms with Crippen molar-refractivity contribution >= 4 is 11.1 Å².